The van der Waals surface area contributed by atoms with Crippen LogP contribution in [0.5, 0.6) is 0 Å². The Kier molecular flexibility index (Phi) is 9.02. The van der Waals surface area contributed by atoms with Crippen molar-refractivity contribution in [1.82, 2.24) is 24.6 Å². The molecule has 0 spiro atoms. The monoisotopic (exact) mass is 579 g/mol. The van der Waals surface area contributed by atoms with Gasteiger partial charge in [-0.3, -0.25) is 4.90 Å². The number of aromatic nitrogens is 3. The van der Waals surface area contributed by atoms with Crippen LogP contribution in [0.2, 0.25) is 0 Å². The topological polar surface area (TPSA) is 72.7 Å². The molecule has 3 fully saturated rings. The third kappa shape index (κ3) is 6.93. The number of β-amino-alcohol motifs (C(OH)–C–C–N with tert-alkyl or cyclic N) is 1. The van der Waals surface area contributed by atoms with Crippen molar-refractivity contribution in [3.63, 3.8) is 0 Å². The first-order chi connectivity index (χ1) is 20.4. The number of piperidine rings is 3. The van der Waals surface area contributed by atoms with Gasteiger partial charge in [0.1, 0.15) is 29.9 Å². The molecule has 4 heterocycles. The molecule has 3 aliphatic rings. The molecule has 8 nitrogen and oxygen atoms in total. The van der Waals surface area contributed by atoms with E-state index in [0.717, 1.165) is 57.9 Å². The Labute approximate surface area is 247 Å². The Hall–Kier alpha value is -3.08. The van der Waals surface area contributed by atoms with Crippen LogP contribution in [0.25, 0.3) is 0 Å². The Morgan fingerprint density at radius 1 is 0.857 bits per heavy atom. The maximum atomic E-state index is 14.8. The lowest BCUT2D eigenvalue weighted by atomic mass is 9.90. The molecule has 6 rings (SSSR count). The van der Waals surface area contributed by atoms with Crippen LogP contribution >= 0.6 is 0 Å². The molecule has 3 saturated heterocycles. The number of hydrogen-bond acceptors (Lipinski definition) is 7. The molecule has 1 unspecified atom stereocenters. The molecule has 3 aliphatic heterocycles. The van der Waals surface area contributed by atoms with Crippen LogP contribution in [0.15, 0.2) is 55.1 Å². The minimum atomic E-state index is -1.56. The Morgan fingerprint density at radius 2 is 1.60 bits per heavy atom. The smallest absolute Gasteiger partial charge is 0.137 e. The predicted octanol–water partition coefficient (Wildman–Crippen LogP) is 4.48. The van der Waals surface area contributed by atoms with Crippen LogP contribution in [-0.4, -0.2) is 87.6 Å². The summed E-state index contributed by atoms with van der Waals surface area (Å²) in [6.07, 6.45) is 11.1. The normalized spacial score (nSPS) is 21.4. The van der Waals surface area contributed by atoms with Crippen molar-refractivity contribution in [3.8, 4) is 0 Å². The second-order valence-corrected chi connectivity index (χ2v) is 12.3. The van der Waals surface area contributed by atoms with Gasteiger partial charge < -0.3 is 20.2 Å². The molecule has 0 radical (unpaired) electrons. The Morgan fingerprint density at radius 3 is 2.26 bits per heavy atom. The molecule has 1 atom stereocenters. The van der Waals surface area contributed by atoms with Crippen LogP contribution in [0.4, 0.5) is 20.2 Å². The molecular weight excluding hydrogens is 536 g/mol. The third-order valence-electron chi connectivity index (χ3n) is 9.37. The van der Waals surface area contributed by atoms with Crippen LogP contribution in [-0.2, 0) is 12.1 Å². The minimum Gasteiger partial charge on any atom is -0.382 e. The summed E-state index contributed by atoms with van der Waals surface area (Å²) < 4.78 is 30.0. The fraction of sp³-hybridized carbons (Fsp3) is 0.562. The van der Waals surface area contributed by atoms with Gasteiger partial charge in [-0.1, -0.05) is 6.07 Å². The van der Waals surface area contributed by atoms with E-state index in [4.69, 9.17) is 0 Å². The number of likely N-dealkylation sites (tertiary alicyclic amines) is 2. The van der Waals surface area contributed by atoms with Crippen molar-refractivity contribution in [2.45, 2.75) is 69.2 Å². The van der Waals surface area contributed by atoms with E-state index in [0.29, 0.717) is 12.1 Å². The zero-order chi connectivity index (χ0) is 28.9. The molecule has 0 amide bonds. The van der Waals surface area contributed by atoms with Gasteiger partial charge in [-0.25, -0.2) is 18.4 Å². The van der Waals surface area contributed by atoms with E-state index < -0.39 is 17.2 Å². The highest BCUT2D eigenvalue weighted by molar-refractivity contribution is 5.55. The number of halogens is 2. The van der Waals surface area contributed by atoms with Crippen LogP contribution in [0.1, 0.15) is 50.5 Å². The molecule has 10 heteroatoms. The lowest BCUT2D eigenvalue weighted by Crippen LogP contribution is -2.52. The lowest BCUT2D eigenvalue weighted by molar-refractivity contribution is -0.0323. The number of rotatable bonds is 9. The number of nitrogens with one attached hydrogen (secondary N) is 1. The summed E-state index contributed by atoms with van der Waals surface area (Å²) in [6.45, 7) is 6.39. The molecule has 2 aromatic carbocycles. The van der Waals surface area contributed by atoms with Gasteiger partial charge in [0.25, 0.3) is 0 Å². The fourth-order valence-electron chi connectivity index (χ4n) is 7.05. The summed E-state index contributed by atoms with van der Waals surface area (Å²) in [4.78, 5) is 11.3. The van der Waals surface area contributed by atoms with E-state index >= 15 is 0 Å². The van der Waals surface area contributed by atoms with Crippen molar-refractivity contribution in [3.05, 3.63) is 72.3 Å². The van der Waals surface area contributed by atoms with Gasteiger partial charge in [0.15, 0.2) is 0 Å². The van der Waals surface area contributed by atoms with Gasteiger partial charge in [-0.2, -0.15) is 5.10 Å². The molecule has 0 bridgehead atoms. The van der Waals surface area contributed by atoms with Gasteiger partial charge >= 0.3 is 0 Å². The predicted molar refractivity (Wildman–Crippen MR) is 160 cm³/mol. The Balaban J connectivity index is 0.989. The molecule has 0 saturated carbocycles. The fourth-order valence-corrected chi connectivity index (χ4v) is 7.05. The molecule has 1 aromatic heterocycles. The quantitative estimate of drug-likeness (QED) is 0.388. The molecular formula is C32H43F2N7O. The summed E-state index contributed by atoms with van der Waals surface area (Å²) in [5, 5.41) is 19.6. The molecule has 42 heavy (non-hydrogen) atoms. The van der Waals surface area contributed by atoms with Gasteiger partial charge in [0.2, 0.25) is 0 Å². The summed E-state index contributed by atoms with van der Waals surface area (Å²) >= 11 is 0. The van der Waals surface area contributed by atoms with E-state index in [1.165, 1.54) is 73.2 Å². The number of anilines is 2. The number of hydrogen-bond donors (Lipinski definition) is 2. The summed E-state index contributed by atoms with van der Waals surface area (Å²) in [5.74, 6) is -1.41. The second kappa shape index (κ2) is 13.1. The zero-order valence-electron chi connectivity index (χ0n) is 24.3. The van der Waals surface area contributed by atoms with Gasteiger partial charge in [-0.15, -0.1) is 0 Å². The molecule has 226 valence electrons. The van der Waals surface area contributed by atoms with E-state index in [9.17, 15) is 13.9 Å². The first kappa shape index (κ1) is 29.0. The standard InChI is InChI=1S/C32H43F2N7O/c33-25-4-9-30(31(34)20-25)32(42,22-41-24-35-23-36-41)21-38-16-12-29(13-17-38)40-18-10-27(11-19-40)37-26-5-7-28(8-6-26)39-14-2-1-3-15-39/h4-9,20,23-24,27,29,37,42H,1-3,10-19,21-22H2. The van der Waals surface area contributed by atoms with Crippen LogP contribution in [0, 0.1) is 11.6 Å². The van der Waals surface area contributed by atoms with E-state index in [-0.39, 0.29) is 18.7 Å². The largest absolute Gasteiger partial charge is 0.382 e. The summed E-state index contributed by atoms with van der Waals surface area (Å²) in [6, 6.07) is 13.3. The Bertz CT molecular complexity index is 1270. The molecule has 3 aromatic rings. The third-order valence-corrected chi connectivity index (χ3v) is 9.37. The first-order valence-electron chi connectivity index (χ1n) is 15.5. The summed E-state index contributed by atoms with van der Waals surface area (Å²) in [5.41, 5.74) is 1.06. The van der Waals surface area contributed by atoms with Gasteiger partial charge in [0.05, 0.1) is 6.54 Å². The molecule has 2 N–H and O–H groups in total. The first-order valence-corrected chi connectivity index (χ1v) is 15.5. The second-order valence-electron chi connectivity index (χ2n) is 12.3. The van der Waals surface area contributed by atoms with Crippen molar-refractivity contribution < 1.29 is 13.9 Å². The van der Waals surface area contributed by atoms with Crippen LogP contribution < -0.4 is 10.2 Å². The average molecular weight is 580 g/mol. The average Bonchev–Trinajstić information content (AvgIpc) is 3.51. The zero-order valence-corrected chi connectivity index (χ0v) is 24.3. The summed E-state index contributed by atoms with van der Waals surface area (Å²) in [7, 11) is 0. The van der Waals surface area contributed by atoms with Crippen molar-refractivity contribution in [1.29, 1.82) is 0 Å². The number of aliphatic hydroxyl groups is 1. The lowest BCUT2D eigenvalue weighted by Gasteiger charge is -2.43. The van der Waals surface area contributed by atoms with E-state index in [1.54, 1.807) is 0 Å². The number of benzene rings is 2. The maximum Gasteiger partial charge on any atom is 0.137 e. The minimum absolute atomic E-state index is 0.0387. The number of nitrogens with zero attached hydrogens (tertiary/aromatic N) is 6. The molecule has 0 aliphatic carbocycles. The van der Waals surface area contributed by atoms with E-state index in [2.05, 4.69) is 54.4 Å². The maximum absolute atomic E-state index is 14.8. The van der Waals surface area contributed by atoms with Crippen molar-refractivity contribution in [2.24, 2.45) is 0 Å². The highest BCUT2D eigenvalue weighted by atomic mass is 19.1. The highest BCUT2D eigenvalue weighted by Crippen LogP contribution is 2.30. The van der Waals surface area contributed by atoms with Gasteiger partial charge in [0, 0.05) is 67.8 Å². The van der Waals surface area contributed by atoms with Gasteiger partial charge in [-0.05, 0) is 88.4 Å². The van der Waals surface area contributed by atoms with Crippen molar-refractivity contribution in [2.75, 3.05) is 56.0 Å². The highest BCUT2D eigenvalue weighted by Gasteiger charge is 2.37. The SMILES string of the molecule is OC(CN1CCC(N2CCC(Nc3ccc(N4CCCCC4)cc3)CC2)CC1)(Cn1cncn1)c1ccc(F)cc1F. The van der Waals surface area contributed by atoms with Crippen LogP contribution in [0.3, 0.4) is 0 Å². The van der Waals surface area contributed by atoms with Crippen molar-refractivity contribution >= 4 is 11.4 Å². The van der Waals surface area contributed by atoms with E-state index in [1.807, 2.05) is 0 Å².